The Kier molecular flexibility index (Phi) is 3.30. The number of fused-ring (bicyclic) bond motifs is 2. The lowest BCUT2D eigenvalue weighted by Gasteiger charge is -2.13. The molecule has 2 aromatic carbocycles. The van der Waals surface area contributed by atoms with Crippen molar-refractivity contribution in [1.82, 2.24) is 10.3 Å². The summed E-state index contributed by atoms with van der Waals surface area (Å²) >= 11 is 0. The fourth-order valence-electron chi connectivity index (χ4n) is 3.30. The van der Waals surface area contributed by atoms with Crippen LogP contribution in [-0.4, -0.2) is 18.0 Å². The number of hydrogen-bond donors (Lipinski definition) is 2. The van der Waals surface area contributed by atoms with Crippen LogP contribution in [0.2, 0.25) is 0 Å². The molecule has 1 aliphatic carbocycles. The van der Waals surface area contributed by atoms with Gasteiger partial charge in [-0.15, -0.1) is 0 Å². The van der Waals surface area contributed by atoms with Crippen LogP contribution in [0.4, 0.5) is 0 Å². The second-order valence-corrected chi connectivity index (χ2v) is 5.90. The Labute approximate surface area is 134 Å². The van der Waals surface area contributed by atoms with Gasteiger partial charge >= 0.3 is 0 Å². The number of carbonyl (C=O) groups excluding carboxylic acids is 1. The Hall–Kier alpha value is -2.75. The zero-order valence-electron chi connectivity index (χ0n) is 12.9. The lowest BCUT2D eigenvalue weighted by atomic mass is 10.1. The molecule has 2 N–H and O–H groups in total. The van der Waals surface area contributed by atoms with Gasteiger partial charge < -0.3 is 15.0 Å². The minimum absolute atomic E-state index is 0.0677. The summed E-state index contributed by atoms with van der Waals surface area (Å²) < 4.78 is 5.22. The van der Waals surface area contributed by atoms with Crippen molar-refractivity contribution in [2.75, 3.05) is 7.11 Å². The summed E-state index contributed by atoms with van der Waals surface area (Å²) in [5.74, 6) is 0.706. The number of H-pyrrole nitrogens is 1. The van der Waals surface area contributed by atoms with Crippen molar-refractivity contribution >= 4 is 16.8 Å². The van der Waals surface area contributed by atoms with E-state index in [1.54, 1.807) is 7.11 Å². The molecule has 0 radical (unpaired) electrons. The van der Waals surface area contributed by atoms with Crippen molar-refractivity contribution in [3.05, 3.63) is 65.4 Å². The van der Waals surface area contributed by atoms with Crippen LogP contribution < -0.4 is 10.1 Å². The third-order valence-electron chi connectivity index (χ3n) is 4.51. The van der Waals surface area contributed by atoms with Crippen molar-refractivity contribution in [3.63, 3.8) is 0 Å². The standard InChI is InChI=1S/C19H18N2O2/c1-23-14-8-6-13-10-18(20-17(13)11-14)19(22)21-16-9-7-12-4-2-3-5-15(12)16/h2-6,8,10-11,16,20H,7,9H2,1H3,(H,21,22). The van der Waals surface area contributed by atoms with Crippen molar-refractivity contribution < 1.29 is 9.53 Å². The summed E-state index contributed by atoms with van der Waals surface area (Å²) in [5.41, 5.74) is 4.05. The first-order valence-corrected chi connectivity index (χ1v) is 7.80. The molecule has 3 aromatic rings. The fraction of sp³-hybridized carbons (Fsp3) is 0.211. The molecular weight excluding hydrogens is 288 g/mol. The number of rotatable bonds is 3. The Morgan fingerprint density at radius 2 is 2.09 bits per heavy atom. The smallest absolute Gasteiger partial charge is 0.268 e. The van der Waals surface area contributed by atoms with E-state index < -0.39 is 0 Å². The number of aryl methyl sites for hydroxylation is 1. The summed E-state index contributed by atoms with van der Waals surface area (Å²) in [6, 6.07) is 16.0. The van der Waals surface area contributed by atoms with Gasteiger partial charge in [0.2, 0.25) is 0 Å². The molecule has 1 atom stereocenters. The van der Waals surface area contributed by atoms with E-state index in [1.807, 2.05) is 36.4 Å². The highest BCUT2D eigenvalue weighted by Crippen LogP contribution is 2.31. The molecular formula is C19H18N2O2. The maximum absolute atomic E-state index is 12.6. The van der Waals surface area contributed by atoms with Crippen LogP contribution in [0.25, 0.3) is 10.9 Å². The quantitative estimate of drug-likeness (QED) is 0.777. The number of benzene rings is 2. The van der Waals surface area contributed by atoms with Crippen LogP contribution in [0.5, 0.6) is 5.75 Å². The summed E-state index contributed by atoms with van der Waals surface area (Å²) in [5, 5.41) is 4.14. The van der Waals surface area contributed by atoms with Crippen LogP contribution in [0.3, 0.4) is 0 Å². The maximum Gasteiger partial charge on any atom is 0.268 e. The molecule has 116 valence electrons. The minimum Gasteiger partial charge on any atom is -0.497 e. The number of aromatic nitrogens is 1. The molecule has 4 nitrogen and oxygen atoms in total. The van der Waals surface area contributed by atoms with E-state index in [9.17, 15) is 4.79 Å². The molecule has 4 rings (SSSR count). The maximum atomic E-state index is 12.6. The van der Waals surface area contributed by atoms with Gasteiger partial charge in [-0.25, -0.2) is 0 Å². The van der Waals surface area contributed by atoms with Crippen molar-refractivity contribution in [2.24, 2.45) is 0 Å². The highest BCUT2D eigenvalue weighted by atomic mass is 16.5. The lowest BCUT2D eigenvalue weighted by molar-refractivity contribution is 0.0932. The van der Waals surface area contributed by atoms with Crippen molar-refractivity contribution in [2.45, 2.75) is 18.9 Å². The molecule has 1 heterocycles. The average molecular weight is 306 g/mol. The number of carbonyl (C=O) groups is 1. The highest BCUT2D eigenvalue weighted by Gasteiger charge is 2.24. The first-order valence-electron chi connectivity index (χ1n) is 7.80. The van der Waals surface area contributed by atoms with Crippen molar-refractivity contribution in [3.8, 4) is 5.75 Å². The fourth-order valence-corrected chi connectivity index (χ4v) is 3.30. The second kappa shape index (κ2) is 5.47. The van der Waals surface area contributed by atoms with Gasteiger partial charge in [0, 0.05) is 17.0 Å². The number of amides is 1. The predicted octanol–water partition coefficient (Wildman–Crippen LogP) is 3.59. The zero-order chi connectivity index (χ0) is 15.8. The number of hydrogen-bond acceptors (Lipinski definition) is 2. The molecule has 0 spiro atoms. The van der Waals surface area contributed by atoms with E-state index >= 15 is 0 Å². The van der Waals surface area contributed by atoms with Crippen LogP contribution in [0.15, 0.2) is 48.5 Å². The van der Waals surface area contributed by atoms with Crippen molar-refractivity contribution in [1.29, 1.82) is 0 Å². The van der Waals surface area contributed by atoms with Gasteiger partial charge in [-0.2, -0.15) is 0 Å². The molecule has 0 bridgehead atoms. The van der Waals surface area contributed by atoms with Gasteiger partial charge in [0.15, 0.2) is 0 Å². The van der Waals surface area contributed by atoms with E-state index in [1.165, 1.54) is 11.1 Å². The predicted molar refractivity (Wildman–Crippen MR) is 89.8 cm³/mol. The first kappa shape index (κ1) is 13.9. The summed E-state index contributed by atoms with van der Waals surface area (Å²) in [7, 11) is 1.63. The third kappa shape index (κ3) is 2.46. The van der Waals surface area contributed by atoms with E-state index in [0.29, 0.717) is 5.69 Å². The third-order valence-corrected chi connectivity index (χ3v) is 4.51. The van der Waals surface area contributed by atoms with E-state index in [-0.39, 0.29) is 11.9 Å². The van der Waals surface area contributed by atoms with Gasteiger partial charge in [-0.1, -0.05) is 24.3 Å². The lowest BCUT2D eigenvalue weighted by Crippen LogP contribution is -2.27. The van der Waals surface area contributed by atoms with E-state index in [0.717, 1.165) is 29.5 Å². The summed E-state index contributed by atoms with van der Waals surface area (Å²) in [4.78, 5) is 15.7. The molecule has 23 heavy (non-hydrogen) atoms. The van der Waals surface area contributed by atoms with Gasteiger partial charge in [0.1, 0.15) is 11.4 Å². The molecule has 0 saturated carbocycles. The molecule has 4 heteroatoms. The second-order valence-electron chi connectivity index (χ2n) is 5.90. The molecule has 1 aliphatic rings. The van der Waals surface area contributed by atoms with Crippen LogP contribution in [-0.2, 0) is 6.42 Å². The number of nitrogens with one attached hydrogen (secondary N) is 2. The molecule has 1 aromatic heterocycles. The number of aromatic amines is 1. The van der Waals surface area contributed by atoms with Gasteiger partial charge in [0.25, 0.3) is 5.91 Å². The largest absolute Gasteiger partial charge is 0.497 e. The summed E-state index contributed by atoms with van der Waals surface area (Å²) in [6.07, 6.45) is 1.98. The molecule has 0 saturated heterocycles. The van der Waals surface area contributed by atoms with E-state index in [2.05, 4.69) is 22.4 Å². The van der Waals surface area contributed by atoms with Crippen LogP contribution in [0.1, 0.15) is 34.1 Å². The van der Waals surface area contributed by atoms with Gasteiger partial charge in [-0.3, -0.25) is 4.79 Å². The van der Waals surface area contributed by atoms with Crippen LogP contribution >= 0.6 is 0 Å². The molecule has 1 unspecified atom stereocenters. The Bertz CT molecular complexity index is 882. The topological polar surface area (TPSA) is 54.1 Å². The van der Waals surface area contributed by atoms with Crippen LogP contribution in [0, 0.1) is 0 Å². The minimum atomic E-state index is -0.0677. The van der Waals surface area contributed by atoms with Gasteiger partial charge in [0.05, 0.1) is 13.2 Å². The number of ether oxygens (including phenoxy) is 1. The highest BCUT2D eigenvalue weighted by molar-refractivity contribution is 5.98. The molecule has 1 amide bonds. The van der Waals surface area contributed by atoms with Gasteiger partial charge in [-0.05, 0) is 42.2 Å². The summed E-state index contributed by atoms with van der Waals surface area (Å²) in [6.45, 7) is 0. The Morgan fingerprint density at radius 1 is 1.22 bits per heavy atom. The van der Waals surface area contributed by atoms with E-state index in [4.69, 9.17) is 4.74 Å². The Balaban J connectivity index is 1.58. The average Bonchev–Trinajstić information content (AvgIpc) is 3.18. The molecule has 0 aliphatic heterocycles. The normalized spacial score (nSPS) is 16.3. The SMILES string of the molecule is COc1ccc2cc(C(=O)NC3CCc4ccccc43)[nH]c2c1. The zero-order valence-corrected chi connectivity index (χ0v) is 12.9. The first-order chi connectivity index (χ1) is 11.2. The number of methoxy groups -OCH3 is 1. The Morgan fingerprint density at radius 3 is 2.96 bits per heavy atom. The monoisotopic (exact) mass is 306 g/mol. The molecule has 0 fully saturated rings.